The molecule has 41 heavy (non-hydrogen) atoms. The summed E-state index contributed by atoms with van der Waals surface area (Å²) < 4.78 is 5.19. The monoisotopic (exact) mass is 549 g/mol. The predicted molar refractivity (Wildman–Crippen MR) is 172 cm³/mol. The highest BCUT2D eigenvalue weighted by atomic mass is 16.5. The number of aryl methyl sites for hydroxylation is 4. The van der Waals surface area contributed by atoms with Gasteiger partial charge >= 0.3 is 0 Å². The number of H-pyrrole nitrogens is 1. The van der Waals surface area contributed by atoms with E-state index in [2.05, 4.69) is 91.0 Å². The second kappa shape index (κ2) is 13.5. The lowest BCUT2D eigenvalue weighted by Gasteiger charge is -2.16. The number of rotatable bonds is 9. The van der Waals surface area contributed by atoms with Crippen LogP contribution in [0.15, 0.2) is 66.7 Å². The van der Waals surface area contributed by atoms with Crippen LogP contribution in [0.3, 0.4) is 0 Å². The molecule has 1 aliphatic rings. The summed E-state index contributed by atoms with van der Waals surface area (Å²) in [4.78, 5) is 13.1. The van der Waals surface area contributed by atoms with Crippen LogP contribution in [0.25, 0.3) is 21.8 Å². The van der Waals surface area contributed by atoms with Crippen molar-refractivity contribution in [2.75, 3.05) is 24.3 Å². The van der Waals surface area contributed by atoms with E-state index < -0.39 is 0 Å². The van der Waals surface area contributed by atoms with E-state index in [0.717, 1.165) is 48.3 Å². The number of nitrogens with one attached hydrogen (secondary N) is 3. The third-order valence-corrected chi connectivity index (χ3v) is 8.03. The molecular weight excluding hydrogens is 506 g/mol. The summed E-state index contributed by atoms with van der Waals surface area (Å²) in [7, 11) is 1.71. The van der Waals surface area contributed by atoms with E-state index in [1.807, 2.05) is 12.1 Å². The number of anilines is 2. The van der Waals surface area contributed by atoms with E-state index in [9.17, 15) is 0 Å². The molecule has 3 N–H and O–H groups in total. The average Bonchev–Trinajstić information content (AvgIpc) is 3.62. The van der Waals surface area contributed by atoms with Gasteiger partial charge in [-0.3, -0.25) is 0 Å². The molecule has 0 bridgehead atoms. The zero-order chi connectivity index (χ0) is 28.6. The molecule has 214 valence electrons. The maximum atomic E-state index is 5.19. The summed E-state index contributed by atoms with van der Waals surface area (Å²) in [5.74, 6) is 2.67. The number of methoxy groups -OCH3 is 1. The molecule has 3 aromatic carbocycles. The summed E-state index contributed by atoms with van der Waals surface area (Å²) in [5.41, 5.74) is 7.47. The van der Waals surface area contributed by atoms with Crippen molar-refractivity contribution < 1.29 is 4.74 Å². The normalized spacial score (nSPS) is 13.3. The fourth-order valence-electron chi connectivity index (χ4n) is 5.84. The second-order valence-corrected chi connectivity index (χ2v) is 11.0. The number of nitrogens with zero attached hydrogens (tertiary/aromatic N) is 2. The Kier molecular flexibility index (Phi) is 9.40. The standard InChI is InChI=1S/C25H29N5.C10H14O/c1-17-19(20-11-4-6-14-22(20)27-17)13-8-16-26-25-29-23-15-7-5-12-21(23)24(30-25)28-18-9-2-3-10-18;1-4-9-7-8(2)5-6-10(9)11-3/h4-7,11-12,14-15,18,27H,2-3,8-10,13,16H2,1H3,(H2,26,28,29,30);5-7H,4H2,1-3H3. The summed E-state index contributed by atoms with van der Waals surface area (Å²) in [6.45, 7) is 7.24. The highest BCUT2D eigenvalue weighted by molar-refractivity contribution is 5.90. The van der Waals surface area contributed by atoms with Gasteiger partial charge in [0.1, 0.15) is 11.6 Å². The molecule has 6 heteroatoms. The van der Waals surface area contributed by atoms with Gasteiger partial charge in [-0.05, 0) is 81.3 Å². The Morgan fingerprint density at radius 2 is 1.68 bits per heavy atom. The lowest BCUT2D eigenvalue weighted by molar-refractivity contribution is 0.410. The van der Waals surface area contributed by atoms with Crippen LogP contribution in [-0.2, 0) is 12.8 Å². The molecule has 6 rings (SSSR count). The molecular formula is C35H43N5O. The van der Waals surface area contributed by atoms with Gasteiger partial charge in [0, 0.05) is 34.6 Å². The lowest BCUT2D eigenvalue weighted by atomic mass is 10.1. The van der Waals surface area contributed by atoms with Gasteiger partial charge in [0.2, 0.25) is 5.95 Å². The van der Waals surface area contributed by atoms with Crippen LogP contribution in [0.5, 0.6) is 5.75 Å². The molecule has 2 heterocycles. The molecule has 6 nitrogen and oxygen atoms in total. The number of hydrogen-bond donors (Lipinski definition) is 3. The first kappa shape index (κ1) is 28.5. The van der Waals surface area contributed by atoms with E-state index in [0.29, 0.717) is 12.0 Å². The van der Waals surface area contributed by atoms with Crippen LogP contribution in [-0.4, -0.2) is 34.6 Å². The smallest absolute Gasteiger partial charge is 0.225 e. The van der Waals surface area contributed by atoms with Gasteiger partial charge in [-0.15, -0.1) is 0 Å². The van der Waals surface area contributed by atoms with Crippen LogP contribution < -0.4 is 15.4 Å². The van der Waals surface area contributed by atoms with Crippen molar-refractivity contribution >= 4 is 33.6 Å². The summed E-state index contributed by atoms with van der Waals surface area (Å²) >= 11 is 0. The van der Waals surface area contributed by atoms with Crippen LogP contribution in [0, 0.1) is 13.8 Å². The van der Waals surface area contributed by atoms with E-state index in [1.165, 1.54) is 59.0 Å². The van der Waals surface area contributed by atoms with Gasteiger partial charge < -0.3 is 20.4 Å². The van der Waals surface area contributed by atoms with Gasteiger partial charge in [0.25, 0.3) is 0 Å². The quantitative estimate of drug-likeness (QED) is 0.161. The maximum absolute atomic E-state index is 5.19. The summed E-state index contributed by atoms with van der Waals surface area (Å²) in [6, 6.07) is 23.6. The molecule has 5 aromatic rings. The Morgan fingerprint density at radius 1 is 0.927 bits per heavy atom. The summed E-state index contributed by atoms with van der Waals surface area (Å²) in [6.07, 6.45) is 8.16. The zero-order valence-corrected chi connectivity index (χ0v) is 24.9. The molecule has 0 unspecified atom stereocenters. The molecule has 0 atom stereocenters. The largest absolute Gasteiger partial charge is 0.496 e. The Bertz CT molecular complexity index is 1580. The number of para-hydroxylation sites is 2. The fraction of sp³-hybridized carbons (Fsp3) is 0.371. The van der Waals surface area contributed by atoms with Crippen molar-refractivity contribution in [2.45, 2.75) is 71.8 Å². The number of benzene rings is 3. The Hall–Kier alpha value is -4.06. The fourth-order valence-corrected chi connectivity index (χ4v) is 5.84. The predicted octanol–water partition coefficient (Wildman–Crippen LogP) is 8.38. The van der Waals surface area contributed by atoms with Gasteiger partial charge in [-0.2, -0.15) is 4.98 Å². The number of aromatic nitrogens is 3. The van der Waals surface area contributed by atoms with Crippen LogP contribution >= 0.6 is 0 Å². The van der Waals surface area contributed by atoms with E-state index in [4.69, 9.17) is 14.7 Å². The SMILES string of the molecule is CCc1cc(C)ccc1OC.Cc1[nH]c2ccccc2c1CCCNc1nc(NC2CCCC2)c2ccccc2n1. The average molecular weight is 550 g/mol. The van der Waals surface area contributed by atoms with Gasteiger partial charge in [-0.25, -0.2) is 4.98 Å². The van der Waals surface area contributed by atoms with E-state index >= 15 is 0 Å². The topological polar surface area (TPSA) is 74.9 Å². The summed E-state index contributed by atoms with van der Waals surface area (Å²) in [5, 5.41) is 9.56. The first-order valence-corrected chi connectivity index (χ1v) is 15.0. The van der Waals surface area contributed by atoms with Crippen molar-refractivity contribution in [3.63, 3.8) is 0 Å². The molecule has 1 fully saturated rings. The highest BCUT2D eigenvalue weighted by Gasteiger charge is 2.17. The molecule has 1 aliphatic carbocycles. The minimum atomic E-state index is 0.529. The minimum absolute atomic E-state index is 0.529. The molecule has 1 saturated carbocycles. The Balaban J connectivity index is 0.000000259. The van der Waals surface area contributed by atoms with Crippen molar-refractivity contribution in [1.29, 1.82) is 0 Å². The third kappa shape index (κ3) is 6.99. The first-order chi connectivity index (χ1) is 20.1. The molecule has 0 saturated heterocycles. The van der Waals surface area contributed by atoms with Crippen molar-refractivity contribution in [2.24, 2.45) is 0 Å². The minimum Gasteiger partial charge on any atom is -0.496 e. The number of ether oxygens (including phenoxy) is 1. The highest BCUT2D eigenvalue weighted by Crippen LogP contribution is 2.27. The number of aromatic amines is 1. The Morgan fingerprint density at radius 3 is 2.46 bits per heavy atom. The molecule has 0 radical (unpaired) electrons. The van der Waals surface area contributed by atoms with E-state index in [-0.39, 0.29) is 0 Å². The van der Waals surface area contributed by atoms with Gasteiger partial charge in [-0.1, -0.05) is 67.8 Å². The third-order valence-electron chi connectivity index (χ3n) is 8.03. The Labute approximate surface area is 244 Å². The van der Waals surface area contributed by atoms with Crippen LogP contribution in [0.2, 0.25) is 0 Å². The zero-order valence-electron chi connectivity index (χ0n) is 24.9. The van der Waals surface area contributed by atoms with E-state index in [1.54, 1.807) is 7.11 Å². The maximum Gasteiger partial charge on any atom is 0.225 e. The van der Waals surface area contributed by atoms with Crippen molar-refractivity contribution in [3.8, 4) is 5.75 Å². The van der Waals surface area contributed by atoms with Crippen LogP contribution in [0.4, 0.5) is 11.8 Å². The lowest BCUT2D eigenvalue weighted by Crippen LogP contribution is -2.17. The first-order valence-electron chi connectivity index (χ1n) is 15.0. The van der Waals surface area contributed by atoms with Crippen molar-refractivity contribution in [1.82, 2.24) is 15.0 Å². The van der Waals surface area contributed by atoms with Gasteiger partial charge in [0.05, 0.1) is 12.6 Å². The van der Waals surface area contributed by atoms with Crippen molar-refractivity contribution in [3.05, 3.63) is 89.1 Å². The molecule has 0 spiro atoms. The van der Waals surface area contributed by atoms with Gasteiger partial charge in [0.15, 0.2) is 0 Å². The second-order valence-electron chi connectivity index (χ2n) is 11.0. The number of hydrogen-bond acceptors (Lipinski definition) is 5. The molecule has 0 aliphatic heterocycles. The number of fused-ring (bicyclic) bond motifs is 2. The molecule has 0 amide bonds. The van der Waals surface area contributed by atoms with Crippen LogP contribution in [0.1, 0.15) is 61.4 Å². The molecule has 2 aromatic heterocycles.